The van der Waals surface area contributed by atoms with Crippen molar-refractivity contribution in [3.05, 3.63) is 83.8 Å². The number of pyridine rings is 2. The van der Waals surface area contributed by atoms with Crippen LogP contribution in [0.5, 0.6) is 17.5 Å². The van der Waals surface area contributed by atoms with Crippen LogP contribution >= 0.6 is 0 Å². The van der Waals surface area contributed by atoms with Gasteiger partial charge in [-0.25, -0.2) is 29.3 Å². The maximum Gasteiger partial charge on any atom is 0.223 e. The Hall–Kier alpha value is -4.40. The van der Waals surface area contributed by atoms with Crippen molar-refractivity contribution in [3.63, 3.8) is 0 Å². The second kappa shape index (κ2) is 8.62. The molecule has 6 rings (SSSR count). The number of halogens is 1. The maximum atomic E-state index is 15.0. The molecule has 5 heterocycles. The summed E-state index contributed by atoms with van der Waals surface area (Å²) in [6.07, 6.45) is 4.96. The molecule has 0 saturated carbocycles. The van der Waals surface area contributed by atoms with Crippen molar-refractivity contribution in [3.8, 4) is 28.8 Å². The van der Waals surface area contributed by atoms with Crippen LogP contribution in [0.4, 0.5) is 4.39 Å². The van der Waals surface area contributed by atoms with Crippen LogP contribution in [-0.4, -0.2) is 36.0 Å². The number of aromatic nitrogens is 6. The van der Waals surface area contributed by atoms with E-state index in [1.165, 1.54) is 6.07 Å². The van der Waals surface area contributed by atoms with E-state index >= 15 is 4.39 Å². The van der Waals surface area contributed by atoms with Gasteiger partial charge in [-0.3, -0.25) is 0 Å². The number of rotatable bonds is 5. The van der Waals surface area contributed by atoms with Crippen molar-refractivity contribution in [2.45, 2.75) is 45.1 Å². The molecule has 4 aromatic heterocycles. The molecule has 1 aliphatic heterocycles. The average Bonchev–Trinajstić information content (AvgIpc) is 3.33. The van der Waals surface area contributed by atoms with Gasteiger partial charge in [0.25, 0.3) is 0 Å². The number of fused-ring (bicyclic) bond motifs is 3. The number of ether oxygens (including phenoxy) is 2. The highest BCUT2D eigenvalue weighted by Crippen LogP contribution is 2.52. The molecule has 1 aromatic carbocycles. The quantitative estimate of drug-likeness (QED) is 0.321. The van der Waals surface area contributed by atoms with Gasteiger partial charge < -0.3 is 14.5 Å². The predicted molar refractivity (Wildman–Crippen MR) is 136 cm³/mol. The standard InChI is InChI=1S/C28H25FN6O2/c1-15(2)36-21-11-8-16(14-32-21)20-10-9-18-22(17-6-5-7-19(29)23(17)37-26(18)33-20)28(3,4)27-34-24-25(35-27)31-13-12-30-24/h5-15,22H,1-4H3,(H,30,31,34,35). The van der Waals surface area contributed by atoms with E-state index < -0.39 is 11.2 Å². The van der Waals surface area contributed by atoms with E-state index in [0.29, 0.717) is 34.6 Å². The fourth-order valence-corrected chi connectivity index (χ4v) is 4.85. The molecule has 37 heavy (non-hydrogen) atoms. The molecule has 0 aliphatic carbocycles. The van der Waals surface area contributed by atoms with Gasteiger partial charge in [0, 0.05) is 52.7 Å². The summed E-state index contributed by atoms with van der Waals surface area (Å²) in [6.45, 7) is 8.02. The molecule has 8 nitrogen and oxygen atoms in total. The number of aromatic amines is 1. The molecule has 0 amide bonds. The molecular formula is C28H25FN6O2. The lowest BCUT2D eigenvalue weighted by Crippen LogP contribution is -2.32. The number of nitrogens with zero attached hydrogens (tertiary/aromatic N) is 5. The molecule has 0 radical (unpaired) electrons. The lowest BCUT2D eigenvalue weighted by molar-refractivity contribution is 0.232. The smallest absolute Gasteiger partial charge is 0.223 e. The van der Waals surface area contributed by atoms with Crippen molar-refractivity contribution in [2.24, 2.45) is 0 Å². The Labute approximate surface area is 213 Å². The minimum Gasteiger partial charge on any atom is -0.475 e. The summed E-state index contributed by atoms with van der Waals surface area (Å²) in [6, 6.07) is 12.6. The Kier molecular flexibility index (Phi) is 5.36. The van der Waals surface area contributed by atoms with Gasteiger partial charge in [-0.05, 0) is 32.0 Å². The van der Waals surface area contributed by atoms with Gasteiger partial charge in [-0.1, -0.05) is 32.0 Å². The molecule has 0 bridgehead atoms. The zero-order chi connectivity index (χ0) is 25.7. The van der Waals surface area contributed by atoms with E-state index in [9.17, 15) is 0 Å². The van der Waals surface area contributed by atoms with E-state index in [0.717, 1.165) is 16.7 Å². The summed E-state index contributed by atoms with van der Waals surface area (Å²) in [5, 5.41) is 0. The van der Waals surface area contributed by atoms with Crippen molar-refractivity contribution in [1.29, 1.82) is 0 Å². The van der Waals surface area contributed by atoms with Gasteiger partial charge in [-0.15, -0.1) is 0 Å². The largest absolute Gasteiger partial charge is 0.475 e. The number of hydrogen-bond donors (Lipinski definition) is 1. The zero-order valence-electron chi connectivity index (χ0n) is 20.9. The summed E-state index contributed by atoms with van der Waals surface area (Å²) in [5.74, 6) is 1.01. The second-order valence-electron chi connectivity index (χ2n) is 9.87. The lowest BCUT2D eigenvalue weighted by Gasteiger charge is -2.37. The summed E-state index contributed by atoms with van der Waals surface area (Å²) < 4.78 is 26.8. The van der Waals surface area contributed by atoms with Crippen molar-refractivity contribution < 1.29 is 13.9 Å². The van der Waals surface area contributed by atoms with Crippen LogP contribution in [0.25, 0.3) is 22.6 Å². The Morgan fingerprint density at radius 3 is 2.57 bits per heavy atom. The molecule has 1 unspecified atom stereocenters. The highest BCUT2D eigenvalue weighted by atomic mass is 19.1. The number of hydrogen-bond acceptors (Lipinski definition) is 7. The molecular weight excluding hydrogens is 471 g/mol. The minimum atomic E-state index is -0.607. The number of H-pyrrole nitrogens is 1. The first-order valence-electron chi connectivity index (χ1n) is 12.1. The normalized spacial score (nSPS) is 14.8. The monoisotopic (exact) mass is 496 g/mol. The Morgan fingerprint density at radius 2 is 1.81 bits per heavy atom. The number of nitrogens with one attached hydrogen (secondary N) is 1. The first kappa shape index (κ1) is 23.0. The molecule has 1 atom stereocenters. The number of para-hydroxylation sites is 1. The van der Waals surface area contributed by atoms with E-state index in [2.05, 4.69) is 33.8 Å². The van der Waals surface area contributed by atoms with Gasteiger partial charge in [-0.2, -0.15) is 0 Å². The first-order chi connectivity index (χ1) is 17.8. The van der Waals surface area contributed by atoms with Crippen LogP contribution in [-0.2, 0) is 5.41 Å². The fraction of sp³-hybridized carbons (Fsp3) is 0.250. The van der Waals surface area contributed by atoms with Crippen LogP contribution in [0.1, 0.15) is 50.6 Å². The van der Waals surface area contributed by atoms with Gasteiger partial charge in [0.05, 0.1) is 11.8 Å². The van der Waals surface area contributed by atoms with Crippen LogP contribution in [0.3, 0.4) is 0 Å². The first-order valence-corrected chi connectivity index (χ1v) is 12.1. The van der Waals surface area contributed by atoms with Gasteiger partial charge in [0.1, 0.15) is 5.82 Å². The van der Waals surface area contributed by atoms with Crippen LogP contribution < -0.4 is 9.47 Å². The predicted octanol–water partition coefficient (Wildman–Crippen LogP) is 5.95. The third-order valence-electron chi connectivity index (χ3n) is 6.56. The highest BCUT2D eigenvalue weighted by molar-refractivity contribution is 5.66. The Balaban J connectivity index is 1.46. The molecule has 9 heteroatoms. The molecule has 5 aromatic rings. The molecule has 1 N–H and O–H groups in total. The SMILES string of the molecule is CC(C)Oc1ccc(-c2ccc3c(n2)Oc2c(F)cccc2C3C(C)(C)c2nc3nccnc3[nH]2)cn1. The van der Waals surface area contributed by atoms with E-state index in [1.807, 2.05) is 44.2 Å². The van der Waals surface area contributed by atoms with E-state index in [4.69, 9.17) is 19.4 Å². The van der Waals surface area contributed by atoms with Crippen molar-refractivity contribution >= 4 is 11.3 Å². The lowest BCUT2D eigenvalue weighted by atomic mass is 9.69. The molecule has 0 spiro atoms. The van der Waals surface area contributed by atoms with Crippen LogP contribution in [0.2, 0.25) is 0 Å². The van der Waals surface area contributed by atoms with Gasteiger partial charge in [0.2, 0.25) is 11.8 Å². The van der Waals surface area contributed by atoms with E-state index in [1.54, 1.807) is 24.7 Å². The van der Waals surface area contributed by atoms with E-state index in [-0.39, 0.29) is 17.8 Å². The van der Waals surface area contributed by atoms with Crippen LogP contribution in [0, 0.1) is 5.82 Å². The Bertz CT molecular complexity index is 1580. The number of benzene rings is 1. The summed E-state index contributed by atoms with van der Waals surface area (Å²) in [7, 11) is 0. The summed E-state index contributed by atoms with van der Waals surface area (Å²) in [5.41, 5.74) is 3.55. The minimum absolute atomic E-state index is 0.0298. The van der Waals surface area contributed by atoms with Gasteiger partial charge in [0.15, 0.2) is 22.9 Å². The third-order valence-corrected chi connectivity index (χ3v) is 6.56. The highest BCUT2D eigenvalue weighted by Gasteiger charge is 2.43. The van der Waals surface area contributed by atoms with Crippen molar-refractivity contribution in [2.75, 3.05) is 0 Å². The Morgan fingerprint density at radius 1 is 0.973 bits per heavy atom. The van der Waals surface area contributed by atoms with Crippen molar-refractivity contribution in [1.82, 2.24) is 29.9 Å². The van der Waals surface area contributed by atoms with Gasteiger partial charge >= 0.3 is 0 Å². The number of imidazole rings is 1. The summed E-state index contributed by atoms with van der Waals surface area (Å²) >= 11 is 0. The second-order valence-corrected chi connectivity index (χ2v) is 9.87. The maximum absolute atomic E-state index is 15.0. The molecule has 1 aliphatic rings. The summed E-state index contributed by atoms with van der Waals surface area (Å²) in [4.78, 5) is 25.8. The molecule has 186 valence electrons. The topological polar surface area (TPSA) is 98.7 Å². The zero-order valence-corrected chi connectivity index (χ0v) is 20.9. The third kappa shape index (κ3) is 3.96. The molecule has 0 fully saturated rings. The van der Waals surface area contributed by atoms with Crippen LogP contribution in [0.15, 0.2) is 61.1 Å². The molecule has 0 saturated heterocycles. The average molecular weight is 497 g/mol. The fourth-order valence-electron chi connectivity index (χ4n) is 4.85.